The van der Waals surface area contributed by atoms with E-state index >= 15 is 0 Å². The molecule has 0 bridgehead atoms. The molecule has 0 saturated heterocycles. The van der Waals surface area contributed by atoms with Gasteiger partial charge in [-0.15, -0.1) is 0 Å². The SMILES string of the molecule is Cc1c(F)cc(F)cc1C=CC(=O)O. The molecule has 0 saturated carbocycles. The number of hydrogen-bond acceptors (Lipinski definition) is 1. The predicted molar refractivity (Wildman–Crippen MR) is 47.8 cm³/mol. The van der Waals surface area contributed by atoms with Crippen molar-refractivity contribution >= 4 is 12.0 Å². The number of carboxylic acid groups (broad SMARTS) is 1. The lowest BCUT2D eigenvalue weighted by atomic mass is 10.1. The van der Waals surface area contributed by atoms with Crippen LogP contribution in [0.25, 0.3) is 6.08 Å². The van der Waals surface area contributed by atoms with Crippen molar-refractivity contribution in [3.8, 4) is 0 Å². The van der Waals surface area contributed by atoms with Gasteiger partial charge in [-0.2, -0.15) is 0 Å². The molecule has 14 heavy (non-hydrogen) atoms. The molecule has 0 aliphatic rings. The maximum atomic E-state index is 12.9. The van der Waals surface area contributed by atoms with Gasteiger partial charge in [0.15, 0.2) is 0 Å². The molecule has 0 spiro atoms. The highest BCUT2D eigenvalue weighted by molar-refractivity contribution is 5.85. The van der Waals surface area contributed by atoms with Gasteiger partial charge in [0.1, 0.15) is 11.6 Å². The molecule has 0 atom stereocenters. The van der Waals surface area contributed by atoms with Gasteiger partial charge in [0.25, 0.3) is 0 Å². The van der Waals surface area contributed by atoms with Crippen LogP contribution in [0.2, 0.25) is 0 Å². The Morgan fingerprint density at radius 2 is 2.07 bits per heavy atom. The van der Waals surface area contributed by atoms with Crippen LogP contribution in [0, 0.1) is 18.6 Å². The number of hydrogen-bond donors (Lipinski definition) is 1. The largest absolute Gasteiger partial charge is 0.478 e. The fraction of sp³-hybridized carbons (Fsp3) is 0.100. The number of benzene rings is 1. The monoisotopic (exact) mass is 198 g/mol. The number of carbonyl (C=O) groups is 1. The van der Waals surface area contributed by atoms with Gasteiger partial charge in [0, 0.05) is 12.1 Å². The summed E-state index contributed by atoms with van der Waals surface area (Å²) < 4.78 is 25.7. The zero-order chi connectivity index (χ0) is 10.7. The molecule has 0 aliphatic heterocycles. The Morgan fingerprint density at radius 3 is 2.64 bits per heavy atom. The van der Waals surface area contributed by atoms with E-state index in [1.165, 1.54) is 6.92 Å². The third-order valence-electron chi connectivity index (χ3n) is 1.75. The standard InChI is InChI=1S/C10H8F2O2/c1-6-7(2-3-10(13)14)4-8(11)5-9(6)12/h2-5H,1H3,(H,13,14). The Hall–Kier alpha value is -1.71. The van der Waals surface area contributed by atoms with Gasteiger partial charge in [0.05, 0.1) is 0 Å². The molecule has 4 heteroatoms. The van der Waals surface area contributed by atoms with Gasteiger partial charge in [-0.25, -0.2) is 13.6 Å². The highest BCUT2D eigenvalue weighted by Crippen LogP contribution is 2.16. The van der Waals surface area contributed by atoms with Crippen LogP contribution in [0.15, 0.2) is 18.2 Å². The Morgan fingerprint density at radius 1 is 1.43 bits per heavy atom. The van der Waals surface area contributed by atoms with Crippen molar-refractivity contribution in [3.63, 3.8) is 0 Å². The van der Waals surface area contributed by atoms with Gasteiger partial charge >= 0.3 is 5.97 Å². The van der Waals surface area contributed by atoms with Gasteiger partial charge in [0.2, 0.25) is 0 Å². The first kappa shape index (κ1) is 10.4. The molecule has 2 nitrogen and oxygen atoms in total. The van der Waals surface area contributed by atoms with Crippen LogP contribution >= 0.6 is 0 Å². The van der Waals surface area contributed by atoms with Gasteiger partial charge in [-0.1, -0.05) is 0 Å². The van der Waals surface area contributed by atoms with Gasteiger partial charge in [-0.3, -0.25) is 0 Å². The lowest BCUT2D eigenvalue weighted by molar-refractivity contribution is -0.131. The third kappa shape index (κ3) is 2.39. The zero-order valence-corrected chi connectivity index (χ0v) is 7.42. The van der Waals surface area contributed by atoms with Crippen molar-refractivity contribution in [1.29, 1.82) is 0 Å². The van der Waals surface area contributed by atoms with E-state index in [2.05, 4.69) is 0 Å². The first-order valence-electron chi connectivity index (χ1n) is 3.87. The minimum absolute atomic E-state index is 0.226. The quantitative estimate of drug-likeness (QED) is 0.740. The van der Waals surface area contributed by atoms with E-state index in [0.29, 0.717) is 0 Å². The maximum Gasteiger partial charge on any atom is 0.328 e. The molecule has 0 aliphatic carbocycles. The van der Waals surface area contributed by atoms with E-state index in [0.717, 1.165) is 24.3 Å². The highest BCUT2D eigenvalue weighted by atomic mass is 19.1. The van der Waals surface area contributed by atoms with Crippen molar-refractivity contribution in [2.75, 3.05) is 0 Å². The van der Waals surface area contributed by atoms with Crippen LogP contribution in [0.4, 0.5) is 8.78 Å². The van der Waals surface area contributed by atoms with Gasteiger partial charge in [-0.05, 0) is 30.2 Å². The van der Waals surface area contributed by atoms with E-state index in [9.17, 15) is 13.6 Å². The van der Waals surface area contributed by atoms with Crippen LogP contribution in [0.3, 0.4) is 0 Å². The highest BCUT2D eigenvalue weighted by Gasteiger charge is 2.04. The van der Waals surface area contributed by atoms with Crippen LogP contribution in [-0.2, 0) is 4.79 Å². The summed E-state index contributed by atoms with van der Waals surface area (Å²) in [5.74, 6) is -2.57. The lowest BCUT2D eigenvalue weighted by Crippen LogP contribution is -1.91. The van der Waals surface area contributed by atoms with Crippen molar-refractivity contribution in [3.05, 3.63) is 41.0 Å². The van der Waals surface area contributed by atoms with Crippen molar-refractivity contribution in [2.24, 2.45) is 0 Å². The minimum atomic E-state index is -1.16. The van der Waals surface area contributed by atoms with Crippen LogP contribution in [0.5, 0.6) is 0 Å². The summed E-state index contributed by atoms with van der Waals surface area (Å²) in [7, 11) is 0. The average molecular weight is 198 g/mol. The summed E-state index contributed by atoms with van der Waals surface area (Å²) in [5, 5.41) is 8.33. The molecular weight excluding hydrogens is 190 g/mol. The molecule has 1 aromatic carbocycles. The summed E-state index contributed by atoms with van der Waals surface area (Å²) in [6.45, 7) is 1.45. The third-order valence-corrected chi connectivity index (χ3v) is 1.75. The maximum absolute atomic E-state index is 12.9. The van der Waals surface area contributed by atoms with Crippen molar-refractivity contribution in [2.45, 2.75) is 6.92 Å². The fourth-order valence-corrected chi connectivity index (χ4v) is 1.000. The van der Waals surface area contributed by atoms with Gasteiger partial charge < -0.3 is 5.11 Å². The Kier molecular flexibility index (Phi) is 2.96. The smallest absolute Gasteiger partial charge is 0.328 e. The number of carboxylic acids is 1. The normalized spacial score (nSPS) is 10.8. The number of rotatable bonds is 2. The molecule has 0 heterocycles. The first-order valence-corrected chi connectivity index (χ1v) is 3.87. The van der Waals surface area contributed by atoms with Crippen LogP contribution < -0.4 is 0 Å². The molecule has 74 valence electrons. The fourth-order valence-electron chi connectivity index (χ4n) is 1.000. The minimum Gasteiger partial charge on any atom is -0.478 e. The van der Waals surface area contributed by atoms with Crippen LogP contribution in [-0.4, -0.2) is 11.1 Å². The number of aliphatic carboxylic acids is 1. The molecule has 0 amide bonds. The van der Waals surface area contributed by atoms with E-state index in [1.807, 2.05) is 0 Å². The second-order valence-electron chi connectivity index (χ2n) is 2.77. The summed E-state index contributed by atoms with van der Waals surface area (Å²) in [6.07, 6.45) is 1.99. The molecular formula is C10H8F2O2. The van der Waals surface area contributed by atoms with Crippen molar-refractivity contribution in [1.82, 2.24) is 0 Å². The Balaban J connectivity index is 3.14. The molecule has 1 aromatic rings. The second kappa shape index (κ2) is 4.00. The van der Waals surface area contributed by atoms with E-state index in [1.54, 1.807) is 0 Å². The molecule has 0 fully saturated rings. The molecule has 0 aromatic heterocycles. The van der Waals surface area contributed by atoms with Crippen LogP contribution in [0.1, 0.15) is 11.1 Å². The van der Waals surface area contributed by atoms with Crippen molar-refractivity contribution < 1.29 is 18.7 Å². The average Bonchev–Trinajstić information content (AvgIpc) is 2.08. The Bertz CT molecular complexity index is 397. The first-order chi connectivity index (χ1) is 6.50. The zero-order valence-electron chi connectivity index (χ0n) is 7.42. The lowest BCUT2D eigenvalue weighted by Gasteiger charge is -2.01. The van der Waals surface area contributed by atoms with E-state index < -0.39 is 17.6 Å². The molecule has 0 unspecified atom stereocenters. The summed E-state index contributed by atoms with van der Waals surface area (Å²) in [6, 6.07) is 1.84. The summed E-state index contributed by atoms with van der Waals surface area (Å²) in [4.78, 5) is 10.2. The Labute approximate surface area is 79.5 Å². The number of halogens is 2. The molecule has 0 radical (unpaired) electrons. The molecule has 1 rings (SSSR count). The summed E-state index contributed by atoms with van der Waals surface area (Å²) in [5.41, 5.74) is 0.453. The van der Waals surface area contributed by atoms with E-state index in [4.69, 9.17) is 5.11 Å². The topological polar surface area (TPSA) is 37.3 Å². The van der Waals surface area contributed by atoms with E-state index in [-0.39, 0.29) is 11.1 Å². The predicted octanol–water partition coefficient (Wildman–Crippen LogP) is 2.37. The molecule has 1 N–H and O–H groups in total. The summed E-state index contributed by atoms with van der Waals surface area (Å²) >= 11 is 0. The second-order valence-corrected chi connectivity index (χ2v) is 2.77.